The highest BCUT2D eigenvalue weighted by molar-refractivity contribution is 7.08. The summed E-state index contributed by atoms with van der Waals surface area (Å²) in [6.45, 7) is 1.44. The Labute approximate surface area is 189 Å². The van der Waals surface area contributed by atoms with Crippen LogP contribution >= 0.6 is 11.3 Å². The van der Waals surface area contributed by atoms with E-state index in [-0.39, 0.29) is 16.9 Å². The van der Waals surface area contributed by atoms with Crippen molar-refractivity contribution in [1.29, 1.82) is 5.26 Å². The summed E-state index contributed by atoms with van der Waals surface area (Å²) < 4.78 is 74.1. The molecule has 172 valence electrons. The third kappa shape index (κ3) is 6.20. The maximum Gasteiger partial charge on any atom is 0.573 e. The van der Waals surface area contributed by atoms with Crippen molar-refractivity contribution in [3.8, 4) is 28.7 Å². The SMILES string of the molecule is CC(C#N)C(NC(=O)c1ccc(OC(F)(F)F)cc1)Oc1cc(F)c(F)cc1-c1ccsc1. The average Bonchev–Trinajstić information content (AvgIpc) is 3.29. The summed E-state index contributed by atoms with van der Waals surface area (Å²) in [5.74, 6) is -4.59. The van der Waals surface area contributed by atoms with Gasteiger partial charge in [-0.25, -0.2) is 8.78 Å². The zero-order valence-corrected chi connectivity index (χ0v) is 17.6. The first-order chi connectivity index (χ1) is 15.6. The van der Waals surface area contributed by atoms with Gasteiger partial charge in [0.25, 0.3) is 5.91 Å². The second-order valence-electron chi connectivity index (χ2n) is 6.78. The Balaban J connectivity index is 1.84. The van der Waals surface area contributed by atoms with Crippen LogP contribution in [0.2, 0.25) is 0 Å². The van der Waals surface area contributed by atoms with Crippen LogP contribution in [-0.4, -0.2) is 18.5 Å². The summed E-state index contributed by atoms with van der Waals surface area (Å²) >= 11 is 1.32. The van der Waals surface area contributed by atoms with E-state index in [0.29, 0.717) is 5.56 Å². The third-order valence-electron chi connectivity index (χ3n) is 4.39. The van der Waals surface area contributed by atoms with E-state index in [2.05, 4.69) is 10.1 Å². The van der Waals surface area contributed by atoms with Crippen molar-refractivity contribution in [2.75, 3.05) is 0 Å². The Morgan fingerprint density at radius 3 is 2.36 bits per heavy atom. The first kappa shape index (κ1) is 24.0. The number of rotatable bonds is 7. The number of nitrogens with one attached hydrogen (secondary N) is 1. The van der Waals surface area contributed by atoms with Gasteiger partial charge in [-0.15, -0.1) is 13.2 Å². The zero-order valence-electron chi connectivity index (χ0n) is 16.8. The van der Waals surface area contributed by atoms with Crippen LogP contribution < -0.4 is 14.8 Å². The first-order valence-corrected chi connectivity index (χ1v) is 10.3. The molecule has 0 spiro atoms. The minimum absolute atomic E-state index is 0.0355. The molecule has 0 saturated carbocycles. The fourth-order valence-electron chi connectivity index (χ4n) is 2.75. The van der Waals surface area contributed by atoms with Crippen molar-refractivity contribution < 1.29 is 36.2 Å². The molecule has 5 nitrogen and oxygen atoms in total. The van der Waals surface area contributed by atoms with E-state index in [1.807, 2.05) is 6.07 Å². The lowest BCUT2D eigenvalue weighted by molar-refractivity contribution is -0.274. The van der Waals surface area contributed by atoms with E-state index in [0.717, 1.165) is 36.4 Å². The molecule has 0 aliphatic heterocycles. The number of hydrogen-bond donors (Lipinski definition) is 1. The number of halogens is 5. The molecule has 2 unspecified atom stereocenters. The van der Waals surface area contributed by atoms with Gasteiger partial charge >= 0.3 is 6.36 Å². The standard InChI is InChI=1S/C22H15F5N2O3S/c1-12(10-28)21(29-20(30)13-2-4-15(5-3-13)32-22(25,26)27)31-19-9-18(24)17(23)8-16(19)14-6-7-33-11-14/h2-9,11-12,21H,1H3,(H,29,30). The van der Waals surface area contributed by atoms with Crippen molar-refractivity contribution in [3.05, 3.63) is 70.4 Å². The number of benzene rings is 2. The van der Waals surface area contributed by atoms with Crippen molar-refractivity contribution in [1.82, 2.24) is 5.32 Å². The summed E-state index contributed by atoms with van der Waals surface area (Å²) in [5.41, 5.74) is 0.726. The van der Waals surface area contributed by atoms with Gasteiger partial charge in [0.05, 0.1) is 12.0 Å². The number of nitriles is 1. The molecular weight excluding hydrogens is 467 g/mol. The first-order valence-electron chi connectivity index (χ1n) is 9.32. The maximum atomic E-state index is 13.9. The normalized spacial score (nSPS) is 13.0. The van der Waals surface area contributed by atoms with Crippen molar-refractivity contribution in [2.24, 2.45) is 5.92 Å². The van der Waals surface area contributed by atoms with Gasteiger partial charge in [0.15, 0.2) is 17.9 Å². The second-order valence-corrected chi connectivity index (χ2v) is 7.56. The molecule has 0 radical (unpaired) electrons. The van der Waals surface area contributed by atoms with Gasteiger partial charge in [0, 0.05) is 17.2 Å². The highest BCUT2D eigenvalue weighted by Crippen LogP contribution is 2.34. The van der Waals surface area contributed by atoms with E-state index < -0.39 is 41.8 Å². The maximum absolute atomic E-state index is 13.9. The van der Waals surface area contributed by atoms with Gasteiger partial charge in [0.2, 0.25) is 0 Å². The largest absolute Gasteiger partial charge is 0.573 e. The lowest BCUT2D eigenvalue weighted by Crippen LogP contribution is -2.43. The van der Waals surface area contributed by atoms with Crippen LogP contribution in [0.3, 0.4) is 0 Å². The van der Waals surface area contributed by atoms with Crippen molar-refractivity contribution in [2.45, 2.75) is 19.5 Å². The molecule has 1 heterocycles. The fraction of sp³-hybridized carbons (Fsp3) is 0.182. The number of alkyl halides is 3. The molecule has 3 aromatic rings. The van der Waals surface area contributed by atoms with Crippen LogP contribution in [0.15, 0.2) is 53.2 Å². The van der Waals surface area contributed by atoms with Gasteiger partial charge in [-0.3, -0.25) is 4.79 Å². The molecular formula is C22H15F5N2O3S. The molecule has 1 aromatic heterocycles. The molecule has 11 heteroatoms. The predicted octanol–water partition coefficient (Wildman–Crippen LogP) is 5.89. The quantitative estimate of drug-likeness (QED) is 0.337. The van der Waals surface area contributed by atoms with Gasteiger partial charge in [-0.1, -0.05) is 0 Å². The Hall–Kier alpha value is -3.65. The topological polar surface area (TPSA) is 71.4 Å². The number of carbonyl (C=O) groups excluding carboxylic acids is 1. The Morgan fingerprint density at radius 2 is 1.79 bits per heavy atom. The Morgan fingerprint density at radius 1 is 1.12 bits per heavy atom. The molecule has 1 N–H and O–H groups in total. The Kier molecular flexibility index (Phi) is 7.18. The number of amides is 1. The minimum Gasteiger partial charge on any atom is -0.468 e. The van der Waals surface area contributed by atoms with Crippen LogP contribution in [-0.2, 0) is 0 Å². The summed E-state index contributed by atoms with van der Waals surface area (Å²) in [5, 5.41) is 15.2. The molecule has 0 aliphatic rings. The average molecular weight is 482 g/mol. The van der Waals surface area contributed by atoms with Crippen molar-refractivity contribution >= 4 is 17.2 Å². The smallest absolute Gasteiger partial charge is 0.468 e. The van der Waals surface area contributed by atoms with E-state index in [9.17, 15) is 32.0 Å². The number of nitrogens with zero attached hydrogens (tertiary/aromatic N) is 1. The lowest BCUT2D eigenvalue weighted by Gasteiger charge is -2.24. The van der Waals surface area contributed by atoms with E-state index >= 15 is 0 Å². The molecule has 1 amide bonds. The van der Waals surface area contributed by atoms with Crippen LogP contribution in [0.25, 0.3) is 11.1 Å². The van der Waals surface area contributed by atoms with Gasteiger partial charge in [0.1, 0.15) is 11.5 Å². The van der Waals surface area contributed by atoms with Crippen LogP contribution in [0, 0.1) is 28.9 Å². The van der Waals surface area contributed by atoms with Gasteiger partial charge < -0.3 is 14.8 Å². The molecule has 33 heavy (non-hydrogen) atoms. The molecule has 3 rings (SSSR count). The van der Waals surface area contributed by atoms with E-state index in [1.165, 1.54) is 18.3 Å². The highest BCUT2D eigenvalue weighted by Gasteiger charge is 2.31. The summed E-state index contributed by atoms with van der Waals surface area (Å²) in [6.07, 6.45) is -6.16. The van der Waals surface area contributed by atoms with Gasteiger partial charge in [-0.2, -0.15) is 16.6 Å². The summed E-state index contributed by atoms with van der Waals surface area (Å²) in [7, 11) is 0. The number of thiophene rings is 1. The number of hydrogen-bond acceptors (Lipinski definition) is 5. The fourth-order valence-corrected chi connectivity index (χ4v) is 3.41. The van der Waals surface area contributed by atoms with Gasteiger partial charge in [-0.05, 0) is 59.6 Å². The minimum atomic E-state index is -4.88. The van der Waals surface area contributed by atoms with E-state index in [4.69, 9.17) is 4.74 Å². The monoisotopic (exact) mass is 482 g/mol. The van der Waals surface area contributed by atoms with E-state index in [1.54, 1.807) is 16.8 Å². The molecule has 2 atom stereocenters. The number of ether oxygens (including phenoxy) is 2. The predicted molar refractivity (Wildman–Crippen MR) is 109 cm³/mol. The summed E-state index contributed by atoms with van der Waals surface area (Å²) in [6, 6.07) is 9.43. The molecule has 0 fully saturated rings. The lowest BCUT2D eigenvalue weighted by atomic mass is 10.1. The van der Waals surface area contributed by atoms with Crippen LogP contribution in [0.5, 0.6) is 11.5 Å². The second kappa shape index (κ2) is 9.87. The highest BCUT2D eigenvalue weighted by atomic mass is 32.1. The molecule has 2 aromatic carbocycles. The molecule has 0 aliphatic carbocycles. The summed E-state index contributed by atoms with van der Waals surface area (Å²) in [4.78, 5) is 12.6. The molecule has 0 bridgehead atoms. The zero-order chi connectivity index (χ0) is 24.2. The number of carbonyl (C=O) groups is 1. The van der Waals surface area contributed by atoms with Crippen LogP contribution in [0.4, 0.5) is 22.0 Å². The van der Waals surface area contributed by atoms with Crippen molar-refractivity contribution in [3.63, 3.8) is 0 Å². The molecule has 0 saturated heterocycles. The Bertz CT molecular complexity index is 1160. The third-order valence-corrected chi connectivity index (χ3v) is 5.07. The van der Waals surface area contributed by atoms with Crippen LogP contribution in [0.1, 0.15) is 17.3 Å².